The Hall–Kier alpha value is -2.08. The number of rotatable bonds is 6. The van der Waals surface area contributed by atoms with Gasteiger partial charge in [-0.15, -0.1) is 11.3 Å². The number of carbonyl (C=O) groups is 1. The average molecular weight is 421 g/mol. The minimum absolute atomic E-state index is 0.0563. The molecule has 4 nitrogen and oxygen atoms in total. The molecular weight excluding hydrogens is 403 g/mol. The molecule has 27 heavy (non-hydrogen) atoms. The quantitative estimate of drug-likeness (QED) is 0.545. The van der Waals surface area contributed by atoms with Gasteiger partial charge in [-0.25, -0.2) is 4.98 Å². The van der Waals surface area contributed by atoms with Gasteiger partial charge in [-0.3, -0.25) is 4.79 Å². The van der Waals surface area contributed by atoms with Crippen molar-refractivity contribution in [2.75, 3.05) is 0 Å². The molecule has 2 aromatic carbocycles. The second-order valence-electron chi connectivity index (χ2n) is 6.19. The number of halogens is 2. The van der Waals surface area contributed by atoms with Gasteiger partial charge in [0.1, 0.15) is 23.1 Å². The van der Waals surface area contributed by atoms with Crippen molar-refractivity contribution in [2.24, 2.45) is 0 Å². The highest BCUT2D eigenvalue weighted by molar-refractivity contribution is 7.13. The topological polar surface area (TPSA) is 51.2 Å². The van der Waals surface area contributed by atoms with Crippen LogP contribution in [0.2, 0.25) is 10.0 Å². The standard InChI is InChI=1S/C20H18Cl2N2O2S/c1-12(2)23-19(25)18-11-27-20(24-18)15-8-7-14(9-17(15)22)26-10-13-5-3-4-6-16(13)21/h3-9,11-12H,10H2,1-2H3,(H,23,25). The number of amides is 1. The largest absolute Gasteiger partial charge is 0.489 e. The van der Waals surface area contributed by atoms with E-state index in [1.165, 1.54) is 11.3 Å². The zero-order valence-electron chi connectivity index (χ0n) is 14.8. The van der Waals surface area contributed by atoms with E-state index >= 15 is 0 Å². The average Bonchev–Trinajstić information content (AvgIpc) is 3.10. The van der Waals surface area contributed by atoms with E-state index in [1.54, 1.807) is 11.4 Å². The van der Waals surface area contributed by atoms with Crippen LogP contribution in [0.4, 0.5) is 0 Å². The summed E-state index contributed by atoms with van der Waals surface area (Å²) < 4.78 is 5.78. The van der Waals surface area contributed by atoms with Crippen LogP contribution in [0, 0.1) is 0 Å². The van der Waals surface area contributed by atoms with Crippen LogP contribution in [0.25, 0.3) is 10.6 Å². The van der Waals surface area contributed by atoms with Crippen LogP contribution in [-0.4, -0.2) is 16.9 Å². The molecule has 0 fully saturated rings. The van der Waals surface area contributed by atoms with Crippen molar-refractivity contribution < 1.29 is 9.53 Å². The van der Waals surface area contributed by atoms with Gasteiger partial charge >= 0.3 is 0 Å². The number of hydrogen-bond acceptors (Lipinski definition) is 4. The molecule has 0 aliphatic carbocycles. The molecule has 0 spiro atoms. The first-order chi connectivity index (χ1) is 12.9. The molecule has 140 valence electrons. The summed E-state index contributed by atoms with van der Waals surface area (Å²) in [5.74, 6) is 0.446. The first kappa shape index (κ1) is 19.7. The van der Waals surface area contributed by atoms with E-state index in [0.29, 0.717) is 33.1 Å². The number of carbonyl (C=O) groups excluding carboxylic acids is 1. The maximum absolute atomic E-state index is 12.1. The van der Waals surface area contributed by atoms with Crippen molar-refractivity contribution in [2.45, 2.75) is 26.5 Å². The summed E-state index contributed by atoms with van der Waals surface area (Å²) in [6, 6.07) is 13.0. The molecule has 1 amide bonds. The molecule has 3 aromatic rings. The van der Waals surface area contributed by atoms with E-state index < -0.39 is 0 Å². The monoisotopic (exact) mass is 420 g/mol. The van der Waals surface area contributed by atoms with Crippen molar-refractivity contribution in [3.8, 4) is 16.3 Å². The van der Waals surface area contributed by atoms with Gasteiger partial charge in [0.05, 0.1) is 5.02 Å². The summed E-state index contributed by atoms with van der Waals surface area (Å²) in [7, 11) is 0. The van der Waals surface area contributed by atoms with Crippen LogP contribution in [-0.2, 0) is 6.61 Å². The Kier molecular flexibility index (Phi) is 6.37. The zero-order valence-corrected chi connectivity index (χ0v) is 17.2. The second-order valence-corrected chi connectivity index (χ2v) is 7.86. The molecule has 0 aliphatic heterocycles. The van der Waals surface area contributed by atoms with Crippen LogP contribution < -0.4 is 10.1 Å². The molecule has 1 N–H and O–H groups in total. The number of ether oxygens (including phenoxy) is 1. The maximum atomic E-state index is 12.1. The highest BCUT2D eigenvalue weighted by atomic mass is 35.5. The van der Waals surface area contributed by atoms with Gasteiger partial charge in [-0.2, -0.15) is 0 Å². The fourth-order valence-corrected chi connectivity index (χ4v) is 3.72. The lowest BCUT2D eigenvalue weighted by Crippen LogP contribution is -2.30. The summed E-state index contributed by atoms with van der Waals surface area (Å²) in [5.41, 5.74) is 2.05. The van der Waals surface area contributed by atoms with E-state index in [1.807, 2.05) is 50.2 Å². The summed E-state index contributed by atoms with van der Waals surface area (Å²) in [5, 5.41) is 6.41. The number of benzene rings is 2. The normalized spacial score (nSPS) is 10.9. The van der Waals surface area contributed by atoms with Crippen LogP contribution >= 0.6 is 34.5 Å². The lowest BCUT2D eigenvalue weighted by atomic mass is 10.2. The summed E-state index contributed by atoms with van der Waals surface area (Å²) in [4.78, 5) is 16.4. The van der Waals surface area contributed by atoms with Crippen molar-refractivity contribution in [3.63, 3.8) is 0 Å². The molecule has 0 bridgehead atoms. The molecular formula is C20H18Cl2N2O2S. The Labute approximate surface area is 172 Å². The predicted molar refractivity (Wildman–Crippen MR) is 111 cm³/mol. The summed E-state index contributed by atoms with van der Waals surface area (Å²) in [6.07, 6.45) is 0. The molecule has 0 saturated carbocycles. The Morgan fingerprint density at radius 1 is 1.19 bits per heavy atom. The van der Waals surface area contributed by atoms with Gasteiger partial charge in [0, 0.05) is 27.6 Å². The van der Waals surface area contributed by atoms with Crippen molar-refractivity contribution >= 4 is 40.4 Å². The van der Waals surface area contributed by atoms with Gasteiger partial charge in [0.15, 0.2) is 0 Å². The van der Waals surface area contributed by atoms with Crippen molar-refractivity contribution in [1.29, 1.82) is 0 Å². The van der Waals surface area contributed by atoms with E-state index in [0.717, 1.165) is 11.1 Å². The van der Waals surface area contributed by atoms with E-state index in [-0.39, 0.29) is 11.9 Å². The second kappa shape index (κ2) is 8.74. The fraction of sp³-hybridized carbons (Fsp3) is 0.200. The van der Waals surface area contributed by atoms with E-state index in [4.69, 9.17) is 27.9 Å². The highest BCUT2D eigenvalue weighted by Crippen LogP contribution is 2.33. The summed E-state index contributed by atoms with van der Waals surface area (Å²) >= 11 is 13.9. The van der Waals surface area contributed by atoms with E-state index in [9.17, 15) is 4.79 Å². The number of hydrogen-bond donors (Lipinski definition) is 1. The molecule has 0 unspecified atom stereocenters. The summed E-state index contributed by atoms with van der Waals surface area (Å²) in [6.45, 7) is 4.17. The van der Waals surface area contributed by atoms with Crippen molar-refractivity contribution in [1.82, 2.24) is 10.3 Å². The van der Waals surface area contributed by atoms with Crippen molar-refractivity contribution in [3.05, 3.63) is 69.1 Å². The molecule has 3 rings (SSSR count). The molecule has 0 saturated heterocycles. The molecule has 0 radical (unpaired) electrons. The third kappa shape index (κ3) is 5.01. The minimum Gasteiger partial charge on any atom is -0.489 e. The SMILES string of the molecule is CC(C)NC(=O)c1csc(-c2ccc(OCc3ccccc3Cl)cc2Cl)n1. The number of thiazole rings is 1. The van der Waals surface area contributed by atoms with Crippen LogP contribution in [0.5, 0.6) is 5.75 Å². The van der Waals surface area contributed by atoms with Crippen LogP contribution in [0.3, 0.4) is 0 Å². The zero-order chi connectivity index (χ0) is 19.4. The molecule has 0 aliphatic rings. The molecule has 1 heterocycles. The fourth-order valence-electron chi connectivity index (χ4n) is 2.37. The first-order valence-electron chi connectivity index (χ1n) is 8.36. The Morgan fingerprint density at radius 3 is 2.67 bits per heavy atom. The Morgan fingerprint density at radius 2 is 1.96 bits per heavy atom. The first-order valence-corrected chi connectivity index (χ1v) is 10.00. The van der Waals surface area contributed by atoms with Crippen LogP contribution in [0.15, 0.2) is 47.8 Å². The Bertz CT molecular complexity index is 957. The maximum Gasteiger partial charge on any atom is 0.270 e. The lowest BCUT2D eigenvalue weighted by Gasteiger charge is -2.09. The van der Waals surface area contributed by atoms with E-state index in [2.05, 4.69) is 10.3 Å². The minimum atomic E-state index is -0.191. The third-order valence-electron chi connectivity index (χ3n) is 3.68. The third-order valence-corrected chi connectivity index (χ3v) is 5.24. The Balaban J connectivity index is 1.72. The number of nitrogens with zero attached hydrogens (tertiary/aromatic N) is 1. The lowest BCUT2D eigenvalue weighted by molar-refractivity contribution is 0.0939. The highest BCUT2D eigenvalue weighted by Gasteiger charge is 2.15. The smallest absolute Gasteiger partial charge is 0.270 e. The van der Waals surface area contributed by atoms with Gasteiger partial charge in [-0.1, -0.05) is 41.4 Å². The molecule has 7 heteroatoms. The number of nitrogens with one attached hydrogen (secondary N) is 1. The van der Waals surface area contributed by atoms with Gasteiger partial charge in [-0.05, 0) is 38.1 Å². The van der Waals surface area contributed by atoms with Gasteiger partial charge in [0.25, 0.3) is 5.91 Å². The predicted octanol–water partition coefficient (Wildman–Crippen LogP) is 5.83. The van der Waals surface area contributed by atoms with Gasteiger partial charge < -0.3 is 10.1 Å². The van der Waals surface area contributed by atoms with Crippen LogP contribution in [0.1, 0.15) is 29.9 Å². The molecule has 1 aromatic heterocycles. The molecule has 0 atom stereocenters. The van der Waals surface area contributed by atoms with Gasteiger partial charge in [0.2, 0.25) is 0 Å². The number of aromatic nitrogens is 1.